The molecule has 0 saturated carbocycles. The van der Waals surface area contributed by atoms with Gasteiger partial charge in [0.05, 0.1) is 0 Å². The van der Waals surface area contributed by atoms with Gasteiger partial charge in [-0.15, -0.1) is 11.3 Å². The standard InChI is InChI=1S/C54H35NOS/c1-2-10-36(11-3-1)37-20-22-38(23-21-37)39-24-29-43(30-25-39)55(44-31-26-40(27-32-44)46-16-9-17-49-47-14-4-6-18-51(47)56-54(46)49)45-13-8-12-41(34-45)42-28-33-53-50(35-42)48-15-5-7-19-52(48)57-53/h1-35H. The van der Waals surface area contributed by atoms with Gasteiger partial charge in [0.25, 0.3) is 0 Å². The van der Waals surface area contributed by atoms with Crippen molar-refractivity contribution in [2.45, 2.75) is 0 Å². The maximum Gasteiger partial charge on any atom is 0.143 e. The van der Waals surface area contributed by atoms with Gasteiger partial charge in [-0.1, -0.05) is 152 Å². The molecule has 2 nitrogen and oxygen atoms in total. The van der Waals surface area contributed by atoms with Crippen molar-refractivity contribution in [3.05, 3.63) is 212 Å². The molecule has 2 aromatic heterocycles. The van der Waals surface area contributed by atoms with E-state index in [1.807, 2.05) is 23.5 Å². The molecule has 11 rings (SSSR count). The van der Waals surface area contributed by atoms with Crippen LogP contribution in [0.2, 0.25) is 0 Å². The molecule has 0 amide bonds. The number of fused-ring (bicyclic) bond motifs is 6. The van der Waals surface area contributed by atoms with E-state index < -0.39 is 0 Å². The first-order valence-corrected chi connectivity index (χ1v) is 20.1. The van der Waals surface area contributed by atoms with Crippen LogP contribution in [0.1, 0.15) is 0 Å². The summed E-state index contributed by atoms with van der Waals surface area (Å²) in [5.41, 5.74) is 14.5. The van der Waals surface area contributed by atoms with Crippen LogP contribution in [0.25, 0.3) is 86.6 Å². The Balaban J connectivity index is 0.989. The Kier molecular flexibility index (Phi) is 8.04. The number of thiophene rings is 1. The summed E-state index contributed by atoms with van der Waals surface area (Å²) in [6.07, 6.45) is 0. The SMILES string of the molecule is c1ccc(-c2ccc(-c3ccc(N(c4ccc(-c5cccc6c5oc5ccccc56)cc4)c4cccc(-c5ccc6sc7ccccc7c6c5)c4)cc3)cc2)cc1. The summed E-state index contributed by atoms with van der Waals surface area (Å²) in [7, 11) is 0. The van der Waals surface area contributed by atoms with Crippen molar-refractivity contribution >= 4 is 70.5 Å². The van der Waals surface area contributed by atoms with Gasteiger partial charge in [-0.25, -0.2) is 0 Å². The molecular weight excluding hydrogens is 711 g/mol. The van der Waals surface area contributed by atoms with E-state index in [1.54, 1.807) is 0 Å². The molecule has 0 aliphatic heterocycles. The van der Waals surface area contributed by atoms with Crippen LogP contribution in [0.3, 0.4) is 0 Å². The zero-order chi connectivity index (χ0) is 37.7. The first-order valence-electron chi connectivity index (χ1n) is 19.3. The lowest BCUT2D eigenvalue weighted by atomic mass is 9.99. The third-order valence-electron chi connectivity index (χ3n) is 11.1. The van der Waals surface area contributed by atoms with Crippen molar-refractivity contribution in [1.82, 2.24) is 0 Å². The number of hydrogen-bond acceptors (Lipinski definition) is 3. The molecule has 0 bridgehead atoms. The Bertz CT molecular complexity index is 3210. The predicted molar refractivity (Wildman–Crippen MR) is 243 cm³/mol. The van der Waals surface area contributed by atoms with Crippen LogP contribution < -0.4 is 4.90 Å². The highest BCUT2D eigenvalue weighted by molar-refractivity contribution is 7.25. The lowest BCUT2D eigenvalue weighted by Crippen LogP contribution is -2.10. The van der Waals surface area contributed by atoms with Gasteiger partial charge in [0.1, 0.15) is 11.2 Å². The summed E-state index contributed by atoms with van der Waals surface area (Å²) in [6, 6.07) is 76.4. The first kappa shape index (κ1) is 33.2. The second-order valence-corrected chi connectivity index (χ2v) is 15.6. The van der Waals surface area contributed by atoms with Crippen LogP contribution in [0.15, 0.2) is 217 Å². The minimum absolute atomic E-state index is 0.907. The van der Waals surface area contributed by atoms with Crippen LogP contribution >= 0.6 is 11.3 Å². The number of hydrogen-bond donors (Lipinski definition) is 0. The fourth-order valence-corrected chi connectivity index (χ4v) is 9.32. The average Bonchev–Trinajstić information content (AvgIpc) is 3.86. The summed E-state index contributed by atoms with van der Waals surface area (Å²) in [5, 5.41) is 4.89. The molecule has 0 radical (unpaired) electrons. The molecule has 0 unspecified atom stereocenters. The molecule has 268 valence electrons. The van der Waals surface area contributed by atoms with Crippen molar-refractivity contribution in [2.75, 3.05) is 4.90 Å². The van der Waals surface area contributed by atoms with E-state index in [-0.39, 0.29) is 0 Å². The lowest BCUT2D eigenvalue weighted by molar-refractivity contribution is 0.670. The van der Waals surface area contributed by atoms with Crippen molar-refractivity contribution in [1.29, 1.82) is 0 Å². The van der Waals surface area contributed by atoms with E-state index in [1.165, 1.54) is 53.6 Å². The van der Waals surface area contributed by atoms with Gasteiger partial charge < -0.3 is 9.32 Å². The van der Waals surface area contributed by atoms with Gasteiger partial charge >= 0.3 is 0 Å². The van der Waals surface area contributed by atoms with E-state index in [0.29, 0.717) is 0 Å². The average molecular weight is 746 g/mol. The quantitative estimate of drug-likeness (QED) is 0.162. The van der Waals surface area contributed by atoms with Gasteiger partial charge in [0.15, 0.2) is 0 Å². The molecular formula is C54H35NOS. The van der Waals surface area contributed by atoms with Crippen molar-refractivity contribution in [3.8, 4) is 44.5 Å². The molecule has 3 heteroatoms. The molecule has 0 fully saturated rings. The van der Waals surface area contributed by atoms with Gasteiger partial charge in [0.2, 0.25) is 0 Å². The highest BCUT2D eigenvalue weighted by atomic mass is 32.1. The number of rotatable bonds is 7. The highest BCUT2D eigenvalue weighted by Gasteiger charge is 2.17. The normalized spacial score (nSPS) is 11.5. The lowest BCUT2D eigenvalue weighted by Gasteiger charge is -2.26. The summed E-state index contributed by atoms with van der Waals surface area (Å²) in [5.74, 6) is 0. The number of nitrogens with zero attached hydrogens (tertiary/aromatic N) is 1. The summed E-state index contributed by atoms with van der Waals surface area (Å²) in [4.78, 5) is 2.36. The largest absolute Gasteiger partial charge is 0.455 e. The molecule has 0 atom stereocenters. The van der Waals surface area contributed by atoms with Crippen LogP contribution in [-0.2, 0) is 0 Å². The fourth-order valence-electron chi connectivity index (χ4n) is 8.23. The van der Waals surface area contributed by atoms with Crippen LogP contribution in [0.5, 0.6) is 0 Å². The topological polar surface area (TPSA) is 16.4 Å². The maximum absolute atomic E-state index is 6.42. The van der Waals surface area contributed by atoms with Crippen LogP contribution in [0.4, 0.5) is 17.1 Å². The third kappa shape index (κ3) is 5.97. The number of furan rings is 1. The fraction of sp³-hybridized carbons (Fsp3) is 0. The minimum atomic E-state index is 0.907. The smallest absolute Gasteiger partial charge is 0.143 e. The third-order valence-corrected chi connectivity index (χ3v) is 12.3. The Morgan fingerprint density at radius 1 is 0.316 bits per heavy atom. The zero-order valence-electron chi connectivity index (χ0n) is 31.0. The molecule has 2 heterocycles. The second-order valence-electron chi connectivity index (χ2n) is 14.5. The van der Waals surface area contributed by atoms with Gasteiger partial charge in [-0.2, -0.15) is 0 Å². The predicted octanol–water partition coefficient (Wildman–Crippen LogP) is 16.1. The van der Waals surface area contributed by atoms with Crippen LogP contribution in [0, 0.1) is 0 Å². The van der Waals surface area contributed by atoms with Crippen molar-refractivity contribution in [3.63, 3.8) is 0 Å². The monoisotopic (exact) mass is 745 g/mol. The molecule has 57 heavy (non-hydrogen) atoms. The zero-order valence-corrected chi connectivity index (χ0v) is 31.8. The van der Waals surface area contributed by atoms with E-state index >= 15 is 0 Å². The van der Waals surface area contributed by atoms with Gasteiger partial charge in [0, 0.05) is 53.6 Å². The van der Waals surface area contributed by atoms with E-state index in [4.69, 9.17) is 4.42 Å². The molecule has 0 aliphatic carbocycles. The Morgan fingerprint density at radius 2 is 0.842 bits per heavy atom. The Hall–Kier alpha value is -7.20. The number of anilines is 3. The van der Waals surface area contributed by atoms with Gasteiger partial charge in [-0.05, 0) is 99.6 Å². The highest BCUT2D eigenvalue weighted by Crippen LogP contribution is 2.42. The number of benzene rings is 9. The Labute approximate surface area is 335 Å². The molecule has 0 N–H and O–H groups in total. The van der Waals surface area contributed by atoms with E-state index in [2.05, 4.69) is 205 Å². The van der Waals surface area contributed by atoms with E-state index in [0.717, 1.165) is 50.1 Å². The first-order chi connectivity index (χ1) is 28.2. The maximum atomic E-state index is 6.42. The molecule has 9 aromatic carbocycles. The van der Waals surface area contributed by atoms with Gasteiger partial charge in [-0.3, -0.25) is 0 Å². The Morgan fingerprint density at radius 3 is 1.60 bits per heavy atom. The van der Waals surface area contributed by atoms with Crippen molar-refractivity contribution < 1.29 is 4.42 Å². The summed E-state index contributed by atoms with van der Waals surface area (Å²) < 4.78 is 9.05. The minimum Gasteiger partial charge on any atom is -0.455 e. The summed E-state index contributed by atoms with van der Waals surface area (Å²) in [6.45, 7) is 0. The van der Waals surface area contributed by atoms with Crippen molar-refractivity contribution in [2.24, 2.45) is 0 Å². The molecule has 0 spiro atoms. The molecule has 11 aromatic rings. The molecule has 0 aliphatic rings. The van der Waals surface area contributed by atoms with Crippen LogP contribution in [-0.4, -0.2) is 0 Å². The number of para-hydroxylation sites is 2. The molecule has 0 saturated heterocycles. The second kappa shape index (κ2) is 13.8. The van der Waals surface area contributed by atoms with E-state index in [9.17, 15) is 0 Å². The summed E-state index contributed by atoms with van der Waals surface area (Å²) >= 11 is 1.85.